The number of benzene rings is 3. The third-order valence-electron chi connectivity index (χ3n) is 5.79. The number of halogens is 2. The molecule has 0 aliphatic carbocycles. The lowest BCUT2D eigenvalue weighted by molar-refractivity contribution is -0.139. The average Bonchev–Trinajstić information content (AvgIpc) is 2.86. The number of aryl methyl sites for hydroxylation is 1. The van der Waals surface area contributed by atoms with Gasteiger partial charge in [-0.1, -0.05) is 41.9 Å². The minimum Gasteiger partial charge on any atom is -0.355 e. The maximum Gasteiger partial charge on any atom is 0.264 e. The Morgan fingerprint density at radius 3 is 2.32 bits per heavy atom. The zero-order valence-electron chi connectivity index (χ0n) is 20.8. The van der Waals surface area contributed by atoms with E-state index in [0.717, 1.165) is 9.87 Å². The summed E-state index contributed by atoms with van der Waals surface area (Å²) in [5, 5.41) is 3.03. The Bertz CT molecular complexity index is 1370. The molecule has 0 unspecified atom stereocenters. The number of hydrogen-bond acceptors (Lipinski definition) is 4. The summed E-state index contributed by atoms with van der Waals surface area (Å²) in [6, 6.07) is 17.3. The number of sulfonamides is 1. The molecule has 0 aromatic heterocycles. The zero-order chi connectivity index (χ0) is 27.2. The minimum atomic E-state index is -4.20. The second-order valence-electron chi connectivity index (χ2n) is 8.49. The number of amides is 2. The molecule has 0 aliphatic rings. The van der Waals surface area contributed by atoms with Crippen LogP contribution in [0.4, 0.5) is 10.1 Å². The third kappa shape index (κ3) is 6.87. The van der Waals surface area contributed by atoms with Crippen LogP contribution in [0.2, 0.25) is 5.02 Å². The van der Waals surface area contributed by atoms with Crippen LogP contribution < -0.4 is 9.62 Å². The molecule has 2 amide bonds. The number of hydrogen-bond donors (Lipinski definition) is 1. The highest BCUT2D eigenvalue weighted by Gasteiger charge is 2.32. The van der Waals surface area contributed by atoms with Crippen molar-refractivity contribution in [2.75, 3.05) is 17.4 Å². The lowest BCUT2D eigenvalue weighted by Crippen LogP contribution is -2.51. The van der Waals surface area contributed by atoms with E-state index in [4.69, 9.17) is 11.6 Å². The number of likely N-dealkylation sites (N-methyl/N-ethyl adjacent to an activating group) is 1. The van der Waals surface area contributed by atoms with Crippen molar-refractivity contribution >= 4 is 39.1 Å². The van der Waals surface area contributed by atoms with Crippen LogP contribution in [0, 0.1) is 12.7 Å². The Labute approximate surface area is 221 Å². The first kappa shape index (κ1) is 28.1. The van der Waals surface area contributed by atoms with Gasteiger partial charge in [-0.25, -0.2) is 12.8 Å². The Morgan fingerprint density at radius 2 is 1.70 bits per heavy atom. The van der Waals surface area contributed by atoms with Crippen LogP contribution >= 0.6 is 11.6 Å². The molecule has 37 heavy (non-hydrogen) atoms. The maximum absolute atomic E-state index is 14.5. The standard InChI is InChI=1S/C27H29ClFN3O4S/c1-4-30-27(34)20(3)31(17-21-9-5-6-11-25(21)29)26(33)18-32(23-10-7-8-19(2)16-23)37(35,36)24-14-12-22(28)13-15-24/h5-16,20H,4,17-18H2,1-3H3,(H,30,34)/t20-/m1/s1. The summed E-state index contributed by atoms with van der Waals surface area (Å²) in [6.45, 7) is 4.59. The fourth-order valence-electron chi connectivity index (χ4n) is 3.76. The van der Waals surface area contributed by atoms with Crippen molar-refractivity contribution in [1.29, 1.82) is 0 Å². The lowest BCUT2D eigenvalue weighted by Gasteiger charge is -2.32. The van der Waals surface area contributed by atoms with Crippen molar-refractivity contribution in [3.8, 4) is 0 Å². The van der Waals surface area contributed by atoms with E-state index in [9.17, 15) is 22.4 Å². The first-order chi connectivity index (χ1) is 17.5. The molecule has 0 spiro atoms. The smallest absolute Gasteiger partial charge is 0.264 e. The molecule has 0 fully saturated rings. The molecular formula is C27H29ClFN3O4S. The topological polar surface area (TPSA) is 86.8 Å². The van der Waals surface area contributed by atoms with E-state index in [1.54, 1.807) is 44.2 Å². The number of nitrogens with one attached hydrogen (secondary N) is 1. The van der Waals surface area contributed by atoms with Crippen LogP contribution in [0.3, 0.4) is 0 Å². The second kappa shape index (κ2) is 12.2. The number of nitrogens with zero attached hydrogens (tertiary/aromatic N) is 2. The highest BCUT2D eigenvalue weighted by Crippen LogP contribution is 2.26. The first-order valence-corrected chi connectivity index (χ1v) is 13.5. The SMILES string of the molecule is CCNC(=O)[C@@H](C)N(Cc1ccccc1F)C(=O)CN(c1cccc(C)c1)S(=O)(=O)c1ccc(Cl)cc1. The Hall–Kier alpha value is -3.43. The zero-order valence-corrected chi connectivity index (χ0v) is 22.4. The predicted octanol–water partition coefficient (Wildman–Crippen LogP) is 4.54. The van der Waals surface area contributed by atoms with Crippen LogP contribution in [0.15, 0.2) is 77.7 Å². The van der Waals surface area contributed by atoms with E-state index < -0.39 is 40.2 Å². The molecule has 3 aromatic rings. The van der Waals surface area contributed by atoms with Gasteiger partial charge in [-0.05, 0) is 68.8 Å². The Kier molecular flexibility index (Phi) is 9.29. The van der Waals surface area contributed by atoms with Gasteiger partial charge in [0.15, 0.2) is 0 Å². The number of carbonyl (C=O) groups excluding carboxylic acids is 2. The van der Waals surface area contributed by atoms with Gasteiger partial charge in [0.2, 0.25) is 11.8 Å². The van der Waals surface area contributed by atoms with Gasteiger partial charge in [-0.15, -0.1) is 0 Å². The van der Waals surface area contributed by atoms with E-state index in [-0.39, 0.29) is 22.7 Å². The van der Waals surface area contributed by atoms with Crippen LogP contribution in [0.5, 0.6) is 0 Å². The van der Waals surface area contributed by atoms with Crippen LogP contribution in [0.25, 0.3) is 0 Å². The summed E-state index contributed by atoms with van der Waals surface area (Å²) in [5.74, 6) is -1.64. The second-order valence-corrected chi connectivity index (χ2v) is 10.8. The maximum atomic E-state index is 14.5. The molecule has 1 atom stereocenters. The molecular weight excluding hydrogens is 517 g/mol. The predicted molar refractivity (Wildman–Crippen MR) is 142 cm³/mol. The van der Waals surface area contributed by atoms with Crippen molar-refractivity contribution < 1.29 is 22.4 Å². The van der Waals surface area contributed by atoms with Crippen molar-refractivity contribution in [3.63, 3.8) is 0 Å². The Morgan fingerprint density at radius 1 is 1.03 bits per heavy atom. The van der Waals surface area contributed by atoms with Crippen molar-refractivity contribution in [3.05, 3.63) is 94.8 Å². The van der Waals surface area contributed by atoms with Gasteiger partial charge in [0.1, 0.15) is 18.4 Å². The van der Waals surface area contributed by atoms with Gasteiger partial charge in [-0.2, -0.15) is 0 Å². The van der Waals surface area contributed by atoms with Gasteiger partial charge >= 0.3 is 0 Å². The van der Waals surface area contributed by atoms with Crippen molar-refractivity contribution in [2.45, 2.75) is 38.3 Å². The van der Waals surface area contributed by atoms with E-state index in [1.165, 1.54) is 54.3 Å². The summed E-state index contributed by atoms with van der Waals surface area (Å²) in [7, 11) is -4.20. The van der Waals surface area contributed by atoms with Gasteiger partial charge in [0.25, 0.3) is 10.0 Å². The van der Waals surface area contributed by atoms with E-state index in [0.29, 0.717) is 11.6 Å². The molecule has 3 rings (SSSR count). The first-order valence-electron chi connectivity index (χ1n) is 11.7. The molecule has 1 N–H and O–H groups in total. The molecule has 0 radical (unpaired) electrons. The van der Waals surface area contributed by atoms with Gasteiger partial charge in [-0.3, -0.25) is 13.9 Å². The van der Waals surface area contributed by atoms with Crippen LogP contribution in [0.1, 0.15) is 25.0 Å². The van der Waals surface area contributed by atoms with Crippen molar-refractivity contribution in [2.24, 2.45) is 0 Å². The molecule has 3 aromatic carbocycles. The Balaban J connectivity index is 2.04. The molecule has 0 bridgehead atoms. The molecule has 0 saturated carbocycles. The molecule has 7 nitrogen and oxygen atoms in total. The van der Waals surface area contributed by atoms with E-state index in [1.807, 2.05) is 0 Å². The molecule has 10 heteroatoms. The van der Waals surface area contributed by atoms with E-state index >= 15 is 0 Å². The summed E-state index contributed by atoms with van der Waals surface area (Å²) >= 11 is 5.95. The molecule has 0 aliphatic heterocycles. The highest BCUT2D eigenvalue weighted by molar-refractivity contribution is 7.92. The minimum absolute atomic E-state index is 0.0522. The number of carbonyl (C=O) groups is 2. The summed E-state index contributed by atoms with van der Waals surface area (Å²) < 4.78 is 42.9. The highest BCUT2D eigenvalue weighted by atomic mass is 35.5. The molecule has 0 saturated heterocycles. The van der Waals surface area contributed by atoms with Gasteiger partial charge < -0.3 is 10.2 Å². The summed E-state index contributed by atoms with van der Waals surface area (Å²) in [5.41, 5.74) is 1.27. The number of anilines is 1. The molecule has 0 heterocycles. The van der Waals surface area contributed by atoms with E-state index in [2.05, 4.69) is 5.32 Å². The summed E-state index contributed by atoms with van der Waals surface area (Å²) in [4.78, 5) is 27.5. The average molecular weight is 546 g/mol. The fraction of sp³-hybridized carbons (Fsp3) is 0.259. The van der Waals surface area contributed by atoms with Crippen LogP contribution in [-0.2, 0) is 26.2 Å². The monoisotopic (exact) mass is 545 g/mol. The summed E-state index contributed by atoms with van der Waals surface area (Å²) in [6.07, 6.45) is 0. The van der Waals surface area contributed by atoms with Crippen molar-refractivity contribution in [1.82, 2.24) is 10.2 Å². The number of rotatable bonds is 10. The normalized spacial score (nSPS) is 12.0. The van der Waals surface area contributed by atoms with Gasteiger partial charge in [0.05, 0.1) is 10.6 Å². The lowest BCUT2D eigenvalue weighted by atomic mass is 10.1. The largest absolute Gasteiger partial charge is 0.355 e. The third-order valence-corrected chi connectivity index (χ3v) is 7.83. The molecule has 196 valence electrons. The quantitative estimate of drug-likeness (QED) is 0.405. The fourth-order valence-corrected chi connectivity index (χ4v) is 5.29. The van der Waals surface area contributed by atoms with Crippen LogP contribution in [-0.4, -0.2) is 44.3 Å². The van der Waals surface area contributed by atoms with Gasteiger partial charge in [0, 0.05) is 23.7 Å².